The van der Waals surface area contributed by atoms with Crippen molar-refractivity contribution in [3.8, 4) is 5.75 Å². The summed E-state index contributed by atoms with van der Waals surface area (Å²) in [5.41, 5.74) is 2.23. The highest BCUT2D eigenvalue weighted by atomic mass is 79.9. The van der Waals surface area contributed by atoms with E-state index in [0.717, 1.165) is 28.4 Å². The molecule has 1 saturated carbocycles. The number of fused-ring (bicyclic) bond motifs is 1. The molecule has 1 fully saturated rings. The van der Waals surface area contributed by atoms with Crippen molar-refractivity contribution in [2.45, 2.75) is 51.7 Å². The molecule has 2 aromatic rings. The largest absolute Gasteiger partial charge is 0.496 e. The van der Waals surface area contributed by atoms with Crippen molar-refractivity contribution >= 4 is 27.7 Å². The molecule has 2 amide bonds. The molecular weight excluding hydrogens is 456 g/mol. The summed E-state index contributed by atoms with van der Waals surface area (Å²) in [5.74, 6) is 1.48. The molecular formula is C25H29BrN2O3. The zero-order valence-corrected chi connectivity index (χ0v) is 19.8. The minimum atomic E-state index is -0.642. The van der Waals surface area contributed by atoms with Crippen LogP contribution in [0, 0.1) is 11.8 Å². The van der Waals surface area contributed by atoms with Gasteiger partial charge >= 0.3 is 0 Å². The first-order chi connectivity index (χ1) is 14.9. The topological polar surface area (TPSA) is 58.6 Å². The zero-order chi connectivity index (χ0) is 22.1. The molecule has 4 rings (SSSR count). The van der Waals surface area contributed by atoms with Crippen molar-refractivity contribution < 1.29 is 14.3 Å². The van der Waals surface area contributed by atoms with Crippen LogP contribution in [0.5, 0.6) is 5.75 Å². The van der Waals surface area contributed by atoms with E-state index in [1.54, 1.807) is 18.1 Å². The van der Waals surface area contributed by atoms with Crippen LogP contribution in [0.2, 0.25) is 0 Å². The number of hydrogen-bond donors (Lipinski definition) is 1. The maximum absolute atomic E-state index is 13.6. The third-order valence-electron chi connectivity index (χ3n) is 6.92. The first-order valence-corrected chi connectivity index (χ1v) is 11.7. The first-order valence-electron chi connectivity index (χ1n) is 10.9. The molecule has 0 spiro atoms. The minimum Gasteiger partial charge on any atom is -0.496 e. The van der Waals surface area contributed by atoms with Gasteiger partial charge in [0, 0.05) is 21.6 Å². The Hall–Kier alpha value is -2.34. The van der Waals surface area contributed by atoms with E-state index in [4.69, 9.17) is 4.74 Å². The van der Waals surface area contributed by atoms with Crippen LogP contribution < -0.4 is 10.1 Å². The summed E-state index contributed by atoms with van der Waals surface area (Å²) in [5, 5.41) is 3.28. The minimum absolute atomic E-state index is 0.0989. The smallest absolute Gasteiger partial charge is 0.255 e. The van der Waals surface area contributed by atoms with Crippen LogP contribution in [0.25, 0.3) is 0 Å². The lowest BCUT2D eigenvalue weighted by Crippen LogP contribution is -2.48. The molecule has 1 aliphatic carbocycles. The summed E-state index contributed by atoms with van der Waals surface area (Å²) in [6, 6.07) is 12.6. The number of rotatable bonds is 5. The molecule has 2 aromatic carbocycles. The Labute approximate surface area is 192 Å². The van der Waals surface area contributed by atoms with Gasteiger partial charge < -0.3 is 15.0 Å². The standard InChI is InChI=1S/C25H29BrN2O3/c1-15-7-6-10-21(16(15)2)27-24(29)23-19-8-4-5-9-20(19)25(30)28(23)14-17-13-18(26)11-12-22(17)31-3/h4-5,8-9,11-13,15-16,21,23H,6-7,10,14H2,1-3H3,(H,27,29)/t15-,16+,21+,23+/m0/s1. The lowest BCUT2D eigenvalue weighted by molar-refractivity contribution is -0.127. The number of amides is 2. The van der Waals surface area contributed by atoms with Crippen molar-refractivity contribution in [2.75, 3.05) is 7.11 Å². The van der Waals surface area contributed by atoms with Crippen molar-refractivity contribution in [3.05, 3.63) is 63.6 Å². The molecule has 4 atom stereocenters. The van der Waals surface area contributed by atoms with E-state index in [2.05, 4.69) is 35.1 Å². The van der Waals surface area contributed by atoms with Crippen LogP contribution in [0.1, 0.15) is 60.6 Å². The molecule has 0 unspecified atom stereocenters. The molecule has 5 nitrogen and oxygen atoms in total. The average Bonchev–Trinajstić information content (AvgIpc) is 3.03. The number of nitrogens with one attached hydrogen (secondary N) is 1. The number of carbonyl (C=O) groups is 2. The van der Waals surface area contributed by atoms with Gasteiger partial charge in [-0.05, 0) is 48.1 Å². The average molecular weight is 485 g/mol. The molecule has 0 aromatic heterocycles. The molecule has 1 heterocycles. The summed E-state index contributed by atoms with van der Waals surface area (Å²) >= 11 is 3.50. The second kappa shape index (κ2) is 9.03. The maximum atomic E-state index is 13.6. The Balaban J connectivity index is 1.65. The Bertz CT molecular complexity index is 992. The van der Waals surface area contributed by atoms with Crippen LogP contribution in [0.15, 0.2) is 46.9 Å². The van der Waals surface area contributed by atoms with Gasteiger partial charge in [0.25, 0.3) is 5.91 Å². The SMILES string of the molecule is COc1ccc(Br)cc1CN1C(=O)c2ccccc2[C@@H]1C(=O)N[C@@H]1CCC[C@H](C)[C@H]1C. The van der Waals surface area contributed by atoms with E-state index >= 15 is 0 Å². The van der Waals surface area contributed by atoms with Crippen molar-refractivity contribution in [3.63, 3.8) is 0 Å². The van der Waals surface area contributed by atoms with Crippen molar-refractivity contribution in [1.82, 2.24) is 10.2 Å². The quantitative estimate of drug-likeness (QED) is 0.642. The van der Waals surface area contributed by atoms with Gasteiger partial charge in [0.15, 0.2) is 0 Å². The van der Waals surface area contributed by atoms with Gasteiger partial charge in [-0.2, -0.15) is 0 Å². The summed E-state index contributed by atoms with van der Waals surface area (Å²) in [6.07, 6.45) is 3.31. The molecule has 0 saturated heterocycles. The van der Waals surface area contributed by atoms with Crippen LogP contribution in [0.4, 0.5) is 0 Å². The summed E-state index contributed by atoms with van der Waals surface area (Å²) in [4.78, 5) is 28.5. The number of ether oxygens (including phenoxy) is 1. The molecule has 31 heavy (non-hydrogen) atoms. The predicted molar refractivity (Wildman–Crippen MR) is 124 cm³/mol. The van der Waals surface area contributed by atoms with E-state index in [1.165, 1.54) is 6.42 Å². The molecule has 0 bridgehead atoms. The molecule has 164 valence electrons. The Morgan fingerprint density at radius 3 is 2.74 bits per heavy atom. The van der Waals surface area contributed by atoms with Crippen molar-refractivity contribution in [1.29, 1.82) is 0 Å². The molecule has 6 heteroatoms. The summed E-state index contributed by atoms with van der Waals surface area (Å²) in [7, 11) is 1.61. The van der Waals surface area contributed by atoms with E-state index in [9.17, 15) is 9.59 Å². The Morgan fingerprint density at radius 2 is 1.97 bits per heavy atom. The Morgan fingerprint density at radius 1 is 1.19 bits per heavy atom. The van der Waals surface area contributed by atoms with E-state index in [-0.39, 0.29) is 17.9 Å². The third-order valence-corrected chi connectivity index (χ3v) is 7.42. The van der Waals surface area contributed by atoms with E-state index < -0.39 is 6.04 Å². The Kier molecular flexibility index (Phi) is 6.37. The van der Waals surface area contributed by atoms with Gasteiger partial charge in [-0.1, -0.05) is 60.8 Å². The normalized spacial score (nSPS) is 25.3. The monoisotopic (exact) mass is 484 g/mol. The number of methoxy groups -OCH3 is 1. The predicted octanol–water partition coefficient (Wildman–Crippen LogP) is 5.10. The maximum Gasteiger partial charge on any atom is 0.255 e. The fourth-order valence-electron chi connectivity index (χ4n) is 4.92. The van der Waals surface area contributed by atoms with Crippen molar-refractivity contribution in [2.24, 2.45) is 11.8 Å². The van der Waals surface area contributed by atoms with Crippen LogP contribution >= 0.6 is 15.9 Å². The summed E-state index contributed by atoms with van der Waals surface area (Å²) in [6.45, 7) is 4.76. The third kappa shape index (κ3) is 4.22. The highest BCUT2D eigenvalue weighted by molar-refractivity contribution is 9.10. The van der Waals surface area contributed by atoms with Gasteiger partial charge in [0.2, 0.25) is 5.91 Å². The summed E-state index contributed by atoms with van der Waals surface area (Å²) < 4.78 is 6.41. The fraction of sp³-hybridized carbons (Fsp3) is 0.440. The highest BCUT2D eigenvalue weighted by Gasteiger charge is 2.42. The van der Waals surface area contributed by atoms with Gasteiger partial charge in [-0.3, -0.25) is 9.59 Å². The molecule has 1 aliphatic heterocycles. The lowest BCUT2D eigenvalue weighted by Gasteiger charge is -2.36. The van der Waals surface area contributed by atoms with Crippen LogP contribution in [-0.2, 0) is 11.3 Å². The number of carbonyl (C=O) groups excluding carboxylic acids is 2. The molecule has 0 radical (unpaired) electrons. The van der Waals surface area contributed by atoms with E-state index in [0.29, 0.717) is 29.7 Å². The second-order valence-corrected chi connectivity index (χ2v) is 9.68. The van der Waals surface area contributed by atoms with Gasteiger partial charge in [0.05, 0.1) is 13.7 Å². The van der Waals surface area contributed by atoms with Gasteiger partial charge in [-0.15, -0.1) is 0 Å². The van der Waals surface area contributed by atoms with Crippen LogP contribution in [-0.4, -0.2) is 29.9 Å². The number of halogens is 1. The molecule has 1 N–H and O–H groups in total. The molecule has 2 aliphatic rings. The number of nitrogens with zero attached hydrogens (tertiary/aromatic N) is 1. The number of hydrogen-bond acceptors (Lipinski definition) is 3. The lowest BCUT2D eigenvalue weighted by atomic mass is 9.78. The van der Waals surface area contributed by atoms with Gasteiger partial charge in [-0.25, -0.2) is 0 Å². The number of benzene rings is 2. The first kappa shape index (κ1) is 21.9. The zero-order valence-electron chi connectivity index (χ0n) is 18.2. The van der Waals surface area contributed by atoms with Gasteiger partial charge in [0.1, 0.15) is 11.8 Å². The highest BCUT2D eigenvalue weighted by Crippen LogP contribution is 2.38. The fourth-order valence-corrected chi connectivity index (χ4v) is 5.33. The van der Waals surface area contributed by atoms with Crippen LogP contribution in [0.3, 0.4) is 0 Å². The van der Waals surface area contributed by atoms with E-state index in [1.807, 2.05) is 36.4 Å². The second-order valence-electron chi connectivity index (χ2n) is 8.76.